The first-order valence-corrected chi connectivity index (χ1v) is 19.3. The van der Waals surface area contributed by atoms with Gasteiger partial charge in [-0.05, 0) is 74.7 Å². The van der Waals surface area contributed by atoms with Crippen molar-refractivity contribution in [2.75, 3.05) is 20.3 Å². The molecule has 6 aromatic rings. The molecule has 52 heavy (non-hydrogen) atoms. The number of hydrogen-bond acceptors (Lipinski definition) is 8. The average Bonchev–Trinajstić information content (AvgIpc) is 3.79. The monoisotopic (exact) mass is 739 g/mol. The zero-order chi connectivity index (χ0) is 35.9. The Balaban J connectivity index is 1.26. The molecular formula is C40H42ClN5O5S. The van der Waals surface area contributed by atoms with E-state index >= 15 is 0 Å². The number of benzene rings is 3. The molecule has 2 aliphatic heterocycles. The number of carbonyl (C=O) groups excluding carboxylic acids is 1. The maximum absolute atomic E-state index is 13.4. The summed E-state index contributed by atoms with van der Waals surface area (Å²) >= 11 is 8.89. The number of carbonyl (C=O) groups is 1. The van der Waals surface area contributed by atoms with Crippen molar-refractivity contribution in [2.24, 2.45) is 7.05 Å². The Bertz CT molecular complexity index is 2300. The van der Waals surface area contributed by atoms with E-state index in [2.05, 4.69) is 25.1 Å². The van der Waals surface area contributed by atoms with Gasteiger partial charge < -0.3 is 23.5 Å². The van der Waals surface area contributed by atoms with Gasteiger partial charge in [-0.2, -0.15) is 10.2 Å². The van der Waals surface area contributed by atoms with Crippen molar-refractivity contribution in [3.05, 3.63) is 93.7 Å². The van der Waals surface area contributed by atoms with Crippen molar-refractivity contribution >= 4 is 51.0 Å². The first-order valence-electron chi connectivity index (χ1n) is 17.8. The van der Waals surface area contributed by atoms with Gasteiger partial charge in [-0.1, -0.05) is 35.9 Å². The highest BCUT2D eigenvalue weighted by Gasteiger charge is 2.28. The van der Waals surface area contributed by atoms with Crippen LogP contribution in [0.3, 0.4) is 0 Å². The van der Waals surface area contributed by atoms with E-state index in [0.29, 0.717) is 54.2 Å². The highest BCUT2D eigenvalue weighted by Crippen LogP contribution is 2.43. The van der Waals surface area contributed by atoms with E-state index in [1.54, 1.807) is 11.8 Å². The van der Waals surface area contributed by atoms with E-state index in [1.165, 1.54) is 7.11 Å². The fourth-order valence-corrected chi connectivity index (χ4v) is 8.83. The number of aryl methyl sites for hydroxylation is 3. The van der Waals surface area contributed by atoms with Crippen molar-refractivity contribution in [3.8, 4) is 22.6 Å². The van der Waals surface area contributed by atoms with Gasteiger partial charge in [-0.3, -0.25) is 4.68 Å². The summed E-state index contributed by atoms with van der Waals surface area (Å²) in [5.74, 6) is 2.41. The van der Waals surface area contributed by atoms with Gasteiger partial charge in [0.05, 0.1) is 25.1 Å². The summed E-state index contributed by atoms with van der Waals surface area (Å²) in [5.41, 5.74) is 7.97. The first kappa shape index (κ1) is 34.6. The summed E-state index contributed by atoms with van der Waals surface area (Å²) in [6.45, 7) is 6.04. The molecule has 3 aromatic carbocycles. The Labute approximate surface area is 311 Å². The van der Waals surface area contributed by atoms with Crippen LogP contribution in [0.25, 0.3) is 32.8 Å². The second-order valence-corrected chi connectivity index (χ2v) is 14.9. The Morgan fingerprint density at radius 1 is 0.981 bits per heavy atom. The van der Waals surface area contributed by atoms with Gasteiger partial charge in [0, 0.05) is 75.9 Å². The zero-order valence-electron chi connectivity index (χ0n) is 29.9. The number of rotatable bonds is 2. The van der Waals surface area contributed by atoms with Crippen LogP contribution in [0.15, 0.2) is 54.6 Å². The van der Waals surface area contributed by atoms with Crippen molar-refractivity contribution in [3.63, 3.8) is 0 Å². The minimum Gasteiger partial charge on any atom is -0.493 e. The van der Waals surface area contributed by atoms with Gasteiger partial charge in [0.1, 0.15) is 35.7 Å². The summed E-state index contributed by atoms with van der Waals surface area (Å²) in [6, 6.07) is 18.2. The Morgan fingerprint density at radius 3 is 2.67 bits per heavy atom. The first-order chi connectivity index (χ1) is 25.3. The van der Waals surface area contributed by atoms with Gasteiger partial charge in [-0.15, -0.1) is 11.8 Å². The van der Waals surface area contributed by atoms with Crippen molar-refractivity contribution in [1.82, 2.24) is 24.1 Å². The molecule has 8 bridgehead atoms. The molecule has 1 atom stereocenters. The molecule has 3 aromatic heterocycles. The van der Waals surface area contributed by atoms with Crippen LogP contribution >= 0.6 is 23.4 Å². The lowest BCUT2D eigenvalue weighted by molar-refractivity contribution is -0.0410. The largest absolute Gasteiger partial charge is 0.493 e. The van der Waals surface area contributed by atoms with Crippen LogP contribution in [-0.2, 0) is 41.2 Å². The lowest BCUT2D eigenvalue weighted by atomic mass is 9.97. The van der Waals surface area contributed by atoms with Gasteiger partial charge in [0.15, 0.2) is 0 Å². The maximum atomic E-state index is 13.4. The lowest BCUT2D eigenvalue weighted by Crippen LogP contribution is -2.21. The normalized spacial score (nSPS) is 17.0. The molecule has 0 N–H and O–H groups in total. The predicted octanol–water partition coefficient (Wildman–Crippen LogP) is 8.94. The SMILES string of the molecule is COC(=O)c1c(C)c2c3c(Cl)ccc2n1CCCOc1cc(cc2ccccc12)OCc1cc(n(C2CCCCO2)n1)CSCc1nn(C)c(C)c1-3. The number of nitrogens with zero attached hydrogens (tertiary/aromatic N) is 5. The molecule has 5 heterocycles. The van der Waals surface area contributed by atoms with Crippen molar-refractivity contribution < 1.29 is 23.7 Å². The summed E-state index contributed by atoms with van der Waals surface area (Å²) in [6.07, 6.45) is 3.62. The van der Waals surface area contributed by atoms with Crippen LogP contribution in [-0.4, -0.2) is 50.4 Å². The van der Waals surface area contributed by atoms with Gasteiger partial charge in [-0.25, -0.2) is 9.48 Å². The number of aromatic nitrogens is 5. The number of fused-ring (bicyclic) bond motifs is 8. The molecule has 1 unspecified atom stereocenters. The topological polar surface area (TPSA) is 94.6 Å². The van der Waals surface area contributed by atoms with Crippen LogP contribution in [0.4, 0.5) is 0 Å². The second kappa shape index (κ2) is 14.5. The smallest absolute Gasteiger partial charge is 0.354 e. The number of halogens is 1. The van der Waals surface area contributed by atoms with Crippen LogP contribution in [0.5, 0.6) is 11.5 Å². The molecule has 1 fully saturated rings. The number of ether oxygens (including phenoxy) is 4. The predicted molar refractivity (Wildman–Crippen MR) is 204 cm³/mol. The number of hydrogen-bond donors (Lipinski definition) is 0. The Kier molecular flexibility index (Phi) is 9.67. The highest BCUT2D eigenvalue weighted by atomic mass is 35.5. The summed E-state index contributed by atoms with van der Waals surface area (Å²) < 4.78 is 30.4. The molecule has 0 aliphatic carbocycles. The minimum absolute atomic E-state index is 0.107. The third-order valence-corrected chi connectivity index (χ3v) is 11.5. The molecule has 12 heteroatoms. The quantitative estimate of drug-likeness (QED) is 0.163. The standard InChI is InChI=1S/C40H42ClN5O5S/c1-24-36-33-14-13-31(41)38(36)37-25(2)44(3)43-32(37)23-52-22-28-19-27(42-46(28)35-12-7-8-16-50-35)21-51-29-18-26-10-5-6-11-30(26)34(20-29)49-17-9-15-45(33)39(24)40(47)48-4/h5-6,10-11,13-14,18-20,35H,7-9,12,15-17,21-23H2,1-4H3. The van der Waals surface area contributed by atoms with E-state index in [1.807, 2.05) is 64.3 Å². The van der Waals surface area contributed by atoms with E-state index in [-0.39, 0.29) is 6.23 Å². The van der Waals surface area contributed by atoms with Crippen LogP contribution in [0.1, 0.15) is 70.7 Å². The van der Waals surface area contributed by atoms with E-state index in [9.17, 15) is 4.79 Å². The Hall–Kier alpha value is -4.45. The fourth-order valence-electron chi connectivity index (χ4n) is 7.65. The average molecular weight is 740 g/mol. The van der Waals surface area contributed by atoms with Crippen LogP contribution in [0, 0.1) is 13.8 Å². The summed E-state index contributed by atoms with van der Waals surface area (Å²) in [4.78, 5) is 13.4. The molecule has 10 nitrogen and oxygen atoms in total. The van der Waals surface area contributed by atoms with Crippen molar-refractivity contribution in [1.29, 1.82) is 0 Å². The fraction of sp³-hybridized carbons (Fsp3) is 0.375. The molecule has 8 rings (SSSR count). The van der Waals surface area contributed by atoms with Crippen LogP contribution in [0.2, 0.25) is 5.02 Å². The van der Waals surface area contributed by atoms with Gasteiger partial charge in [0.25, 0.3) is 0 Å². The molecule has 270 valence electrons. The number of esters is 1. The molecule has 0 spiro atoms. The van der Waals surface area contributed by atoms with Crippen molar-refractivity contribution in [2.45, 2.75) is 70.4 Å². The van der Waals surface area contributed by atoms with E-state index in [4.69, 9.17) is 40.7 Å². The molecule has 0 amide bonds. The molecular weight excluding hydrogens is 698 g/mol. The second-order valence-electron chi connectivity index (χ2n) is 13.5. The lowest BCUT2D eigenvalue weighted by Gasteiger charge is -2.24. The minimum atomic E-state index is -0.390. The maximum Gasteiger partial charge on any atom is 0.354 e. The molecule has 2 aliphatic rings. The van der Waals surface area contributed by atoms with Crippen LogP contribution < -0.4 is 9.47 Å². The molecule has 1 saturated heterocycles. The van der Waals surface area contributed by atoms with Gasteiger partial charge in [0.2, 0.25) is 0 Å². The Morgan fingerprint density at radius 2 is 1.85 bits per heavy atom. The zero-order valence-corrected chi connectivity index (χ0v) is 31.5. The third-order valence-electron chi connectivity index (χ3n) is 10.2. The number of thioether (sulfide) groups is 1. The summed E-state index contributed by atoms with van der Waals surface area (Å²) in [7, 11) is 3.38. The number of methoxy groups -OCH3 is 1. The van der Waals surface area contributed by atoms with E-state index < -0.39 is 5.97 Å². The third kappa shape index (κ3) is 6.33. The highest BCUT2D eigenvalue weighted by molar-refractivity contribution is 7.97. The van der Waals surface area contributed by atoms with Gasteiger partial charge >= 0.3 is 5.97 Å². The molecule has 0 radical (unpaired) electrons. The van der Waals surface area contributed by atoms with E-state index in [0.717, 1.165) is 92.8 Å². The molecule has 0 saturated carbocycles. The summed E-state index contributed by atoms with van der Waals surface area (Å²) in [5, 5.41) is 13.6.